The lowest BCUT2D eigenvalue weighted by molar-refractivity contribution is 0.0697. The Labute approximate surface area is 190 Å². The number of fused-ring (bicyclic) bond motifs is 1. The van der Waals surface area contributed by atoms with Crippen molar-refractivity contribution in [3.63, 3.8) is 0 Å². The lowest BCUT2D eigenvalue weighted by Gasteiger charge is -2.27. The highest BCUT2D eigenvalue weighted by atomic mass is 35.5. The zero-order valence-electron chi connectivity index (χ0n) is 17.2. The fraction of sp³-hybridized carbons (Fsp3) is 0.240. The predicted molar refractivity (Wildman–Crippen MR) is 121 cm³/mol. The van der Waals surface area contributed by atoms with Crippen LogP contribution in [0.1, 0.15) is 34.0 Å². The maximum absolute atomic E-state index is 14.0. The third kappa shape index (κ3) is 4.93. The number of carboxylic acids is 1. The Morgan fingerprint density at radius 1 is 1.16 bits per heavy atom. The lowest BCUT2D eigenvalue weighted by atomic mass is 9.96. The molecule has 0 radical (unpaired) electrons. The summed E-state index contributed by atoms with van der Waals surface area (Å²) in [7, 11) is 0. The van der Waals surface area contributed by atoms with Crippen molar-refractivity contribution in [1.29, 1.82) is 0 Å². The van der Waals surface area contributed by atoms with Gasteiger partial charge in [0.1, 0.15) is 17.7 Å². The minimum atomic E-state index is -1.00. The number of ether oxygens (including phenoxy) is 1. The van der Waals surface area contributed by atoms with Crippen molar-refractivity contribution in [1.82, 2.24) is 5.32 Å². The summed E-state index contributed by atoms with van der Waals surface area (Å²) in [6.45, 7) is 0.715. The van der Waals surface area contributed by atoms with Gasteiger partial charge in [-0.1, -0.05) is 41.9 Å². The number of aliphatic hydroxyl groups is 1. The second-order valence-corrected chi connectivity index (χ2v) is 8.21. The van der Waals surface area contributed by atoms with E-state index < -0.39 is 17.9 Å². The molecule has 32 heavy (non-hydrogen) atoms. The third-order valence-electron chi connectivity index (χ3n) is 5.61. The number of rotatable bonds is 7. The van der Waals surface area contributed by atoms with Crippen LogP contribution < -0.4 is 10.1 Å². The number of carbonyl (C=O) groups is 1. The van der Waals surface area contributed by atoms with E-state index in [4.69, 9.17) is 21.4 Å². The molecule has 0 aliphatic carbocycles. The number of hydrogen-bond acceptors (Lipinski definition) is 4. The van der Waals surface area contributed by atoms with Gasteiger partial charge in [0.25, 0.3) is 0 Å². The van der Waals surface area contributed by atoms with E-state index in [1.54, 1.807) is 30.3 Å². The number of halogens is 2. The van der Waals surface area contributed by atoms with Crippen LogP contribution in [0.3, 0.4) is 0 Å². The first-order chi connectivity index (χ1) is 15.4. The number of carboxylic acid groups (broad SMARTS) is 1. The van der Waals surface area contributed by atoms with Gasteiger partial charge in [-0.2, -0.15) is 0 Å². The van der Waals surface area contributed by atoms with Crippen LogP contribution in [0.2, 0.25) is 5.02 Å². The molecule has 0 aromatic heterocycles. The largest absolute Gasteiger partial charge is 0.489 e. The molecule has 0 spiro atoms. The predicted octanol–water partition coefficient (Wildman–Crippen LogP) is 4.86. The molecule has 3 aromatic carbocycles. The van der Waals surface area contributed by atoms with Crippen molar-refractivity contribution in [2.75, 3.05) is 13.1 Å². The summed E-state index contributed by atoms with van der Waals surface area (Å²) in [4.78, 5) is 11.0. The van der Waals surface area contributed by atoms with Crippen molar-refractivity contribution in [3.8, 4) is 16.9 Å². The van der Waals surface area contributed by atoms with Crippen molar-refractivity contribution in [2.45, 2.75) is 25.0 Å². The zero-order chi connectivity index (χ0) is 22.7. The maximum Gasteiger partial charge on any atom is 0.335 e. The average molecular weight is 456 g/mol. The van der Waals surface area contributed by atoms with E-state index in [0.29, 0.717) is 6.54 Å². The van der Waals surface area contributed by atoms with Crippen LogP contribution in [0.25, 0.3) is 11.1 Å². The molecule has 0 fully saturated rings. The molecular weight excluding hydrogens is 433 g/mol. The third-order valence-corrected chi connectivity index (χ3v) is 5.90. The molecule has 5 nitrogen and oxygen atoms in total. The van der Waals surface area contributed by atoms with Gasteiger partial charge in [0, 0.05) is 18.7 Å². The highest BCUT2D eigenvalue weighted by Gasteiger charge is 2.21. The van der Waals surface area contributed by atoms with E-state index in [1.165, 1.54) is 12.1 Å². The standard InChI is InChI=1S/C25H23ClFNO4/c26-21-3-1-2-20(24(21)27)22(29)14-28-13-19-10-8-18-12-17(9-11-23(18)32-19)15-4-6-16(7-5-15)25(30)31/h1-7,9,11-12,19,22,28-29H,8,10,13-14H2,(H,30,31)/t19-,22?/m1/s1. The Morgan fingerprint density at radius 2 is 1.91 bits per heavy atom. The summed E-state index contributed by atoms with van der Waals surface area (Å²) < 4.78 is 20.1. The Hall–Kier alpha value is -2.93. The van der Waals surface area contributed by atoms with Gasteiger partial charge in [0.2, 0.25) is 0 Å². The Morgan fingerprint density at radius 3 is 2.66 bits per heavy atom. The van der Waals surface area contributed by atoms with Crippen LogP contribution in [0.5, 0.6) is 5.75 Å². The van der Waals surface area contributed by atoms with Crippen molar-refractivity contribution < 1.29 is 24.1 Å². The molecule has 3 aromatic rings. The lowest BCUT2D eigenvalue weighted by Crippen LogP contribution is -2.36. The molecule has 0 saturated carbocycles. The summed E-state index contributed by atoms with van der Waals surface area (Å²) in [6, 6.07) is 17.3. The van der Waals surface area contributed by atoms with Gasteiger partial charge in [-0.15, -0.1) is 0 Å². The Bertz CT molecular complexity index is 1120. The summed E-state index contributed by atoms with van der Waals surface area (Å²) in [5.74, 6) is -0.727. The minimum absolute atomic E-state index is 0.00836. The topological polar surface area (TPSA) is 78.8 Å². The Balaban J connectivity index is 1.34. The molecule has 1 aliphatic heterocycles. The minimum Gasteiger partial charge on any atom is -0.489 e. The summed E-state index contributed by atoms with van der Waals surface area (Å²) >= 11 is 5.78. The highest BCUT2D eigenvalue weighted by molar-refractivity contribution is 6.30. The molecule has 1 unspecified atom stereocenters. The fourth-order valence-corrected chi connectivity index (χ4v) is 4.02. The number of hydrogen-bond donors (Lipinski definition) is 3. The number of nitrogens with one attached hydrogen (secondary N) is 1. The van der Waals surface area contributed by atoms with Crippen molar-refractivity contribution in [2.24, 2.45) is 0 Å². The molecular formula is C25H23ClFNO4. The van der Waals surface area contributed by atoms with Gasteiger partial charge in [0.15, 0.2) is 0 Å². The smallest absolute Gasteiger partial charge is 0.335 e. The van der Waals surface area contributed by atoms with Gasteiger partial charge in [-0.3, -0.25) is 0 Å². The number of aromatic carboxylic acids is 1. The monoisotopic (exact) mass is 455 g/mol. The average Bonchev–Trinajstić information content (AvgIpc) is 2.80. The quantitative estimate of drug-likeness (QED) is 0.474. The summed E-state index contributed by atoms with van der Waals surface area (Å²) in [6.07, 6.45) is 0.594. The van der Waals surface area contributed by atoms with Gasteiger partial charge >= 0.3 is 5.97 Å². The second-order valence-electron chi connectivity index (χ2n) is 7.80. The van der Waals surface area contributed by atoms with E-state index in [-0.39, 0.29) is 28.8 Å². The SMILES string of the molecule is O=C(O)c1ccc(-c2ccc3c(c2)CC[C@H](CNCC(O)c2cccc(Cl)c2F)O3)cc1. The summed E-state index contributed by atoms with van der Waals surface area (Å²) in [5, 5.41) is 22.5. The normalized spacial score (nSPS) is 16.2. The fourth-order valence-electron chi connectivity index (χ4n) is 3.84. The van der Waals surface area contributed by atoms with Crippen molar-refractivity contribution in [3.05, 3.63) is 88.2 Å². The molecule has 7 heteroatoms. The molecule has 0 saturated heterocycles. The molecule has 2 atom stereocenters. The highest BCUT2D eigenvalue weighted by Crippen LogP contribution is 2.32. The molecule has 3 N–H and O–H groups in total. The summed E-state index contributed by atoms with van der Waals surface area (Å²) in [5.41, 5.74) is 3.48. The number of benzene rings is 3. The molecule has 166 valence electrons. The van der Waals surface area contributed by atoms with Crippen molar-refractivity contribution >= 4 is 17.6 Å². The number of aliphatic hydroxyl groups excluding tert-OH is 1. The first kappa shape index (κ1) is 22.3. The first-order valence-electron chi connectivity index (χ1n) is 10.4. The second kappa shape index (κ2) is 9.69. The van der Waals surface area contributed by atoms with E-state index in [1.807, 2.05) is 12.1 Å². The van der Waals surface area contributed by atoms with Gasteiger partial charge < -0.3 is 20.3 Å². The van der Waals surface area contributed by atoms with E-state index in [9.17, 15) is 14.3 Å². The van der Waals surface area contributed by atoms with Gasteiger partial charge in [-0.05, 0) is 59.9 Å². The zero-order valence-corrected chi connectivity index (χ0v) is 18.0. The number of aryl methyl sites for hydroxylation is 1. The van der Waals surface area contributed by atoms with Crippen LogP contribution in [-0.2, 0) is 6.42 Å². The molecule has 1 aliphatic rings. The van der Waals surface area contributed by atoms with Gasteiger partial charge in [0.05, 0.1) is 16.7 Å². The molecule has 0 amide bonds. The van der Waals surface area contributed by atoms with Gasteiger partial charge in [-0.25, -0.2) is 9.18 Å². The molecule has 1 heterocycles. The van der Waals surface area contributed by atoms with Crippen LogP contribution in [0, 0.1) is 5.82 Å². The van der Waals surface area contributed by atoms with Crippen LogP contribution >= 0.6 is 11.6 Å². The van der Waals surface area contributed by atoms with E-state index >= 15 is 0 Å². The maximum atomic E-state index is 14.0. The Kier molecular flexibility index (Phi) is 6.74. The van der Waals surface area contributed by atoms with Crippen LogP contribution in [0.15, 0.2) is 60.7 Å². The van der Waals surface area contributed by atoms with Crippen LogP contribution in [0.4, 0.5) is 4.39 Å². The van der Waals surface area contributed by atoms with E-state index in [0.717, 1.165) is 35.3 Å². The first-order valence-corrected chi connectivity index (χ1v) is 10.8. The van der Waals surface area contributed by atoms with E-state index in [2.05, 4.69) is 11.4 Å². The molecule has 0 bridgehead atoms. The van der Waals surface area contributed by atoms with Crippen LogP contribution in [-0.4, -0.2) is 35.4 Å². The molecule has 4 rings (SSSR count).